The first-order valence-electron chi connectivity index (χ1n) is 15.6. The zero-order chi connectivity index (χ0) is 36.0. The van der Waals surface area contributed by atoms with Crippen LogP contribution in [0.5, 0.6) is 11.6 Å². The fourth-order valence-electron chi connectivity index (χ4n) is 5.66. The van der Waals surface area contributed by atoms with Gasteiger partial charge in [-0.25, -0.2) is 36.2 Å². The minimum absolute atomic E-state index is 0.116. The zero-order valence-corrected chi connectivity index (χ0v) is 28.4. The highest BCUT2D eigenvalue weighted by Gasteiger charge is 2.30. The van der Waals surface area contributed by atoms with Gasteiger partial charge in [0.05, 0.1) is 18.9 Å². The highest BCUT2D eigenvalue weighted by molar-refractivity contribution is 7.92. The Balaban J connectivity index is 1.22. The molecule has 5 rings (SSSR count). The summed E-state index contributed by atoms with van der Waals surface area (Å²) in [7, 11) is -2.31. The van der Waals surface area contributed by atoms with Gasteiger partial charge in [-0.3, -0.25) is 14.5 Å². The van der Waals surface area contributed by atoms with Gasteiger partial charge in [0.15, 0.2) is 0 Å². The maximum absolute atomic E-state index is 14.6. The molecule has 0 unspecified atom stereocenters. The lowest BCUT2D eigenvalue weighted by Gasteiger charge is -2.38. The second kappa shape index (κ2) is 15.6. The predicted octanol–water partition coefficient (Wildman–Crippen LogP) is 6.14. The largest absolute Gasteiger partial charge is 0.465 e. The van der Waals surface area contributed by atoms with Gasteiger partial charge in [-0.05, 0) is 73.9 Å². The number of halogens is 3. The maximum Gasteiger partial charge on any atom is 0.340 e. The van der Waals surface area contributed by atoms with Crippen molar-refractivity contribution in [2.45, 2.75) is 38.9 Å². The third-order valence-corrected chi connectivity index (χ3v) is 8.75. The third kappa shape index (κ3) is 9.30. The summed E-state index contributed by atoms with van der Waals surface area (Å²) in [6.45, 7) is 3.35. The number of ether oxygens (including phenoxy) is 2. The monoisotopic (exact) mass is 711 g/mol. The lowest BCUT2D eigenvalue weighted by Crippen LogP contribution is -2.51. The van der Waals surface area contributed by atoms with Crippen LogP contribution in [0.1, 0.15) is 40.0 Å². The average Bonchev–Trinajstić information content (AvgIpc) is 3.06. The van der Waals surface area contributed by atoms with Crippen molar-refractivity contribution in [2.75, 3.05) is 36.1 Å². The van der Waals surface area contributed by atoms with Crippen LogP contribution in [0.3, 0.4) is 0 Å². The number of methoxy groups -OCH3 is 1. The molecule has 1 saturated heterocycles. The van der Waals surface area contributed by atoms with E-state index < -0.39 is 45.0 Å². The summed E-state index contributed by atoms with van der Waals surface area (Å²) in [5, 5.41) is 2.64. The van der Waals surface area contributed by atoms with E-state index in [1.165, 1.54) is 23.1 Å². The number of nitrogens with one attached hydrogen (secondary N) is 2. The second-order valence-corrected chi connectivity index (χ2v) is 13.6. The van der Waals surface area contributed by atoms with Gasteiger partial charge < -0.3 is 14.8 Å². The SMILES string of the molecule is COC(=O)c1cc(CNC(=O)N(c2cccc(F)c2)C2CCN(Cc3ccc(Oc4ccc(NS(C)(=O)=O)cc4)nc3C)CC2)c(F)cc1F. The van der Waals surface area contributed by atoms with Crippen LogP contribution in [0.2, 0.25) is 0 Å². The van der Waals surface area contributed by atoms with Crippen molar-refractivity contribution in [1.82, 2.24) is 15.2 Å². The molecule has 50 heavy (non-hydrogen) atoms. The Morgan fingerprint density at radius 2 is 1.68 bits per heavy atom. The number of hydrogen-bond acceptors (Lipinski definition) is 8. The first-order valence-corrected chi connectivity index (χ1v) is 17.5. The van der Waals surface area contributed by atoms with E-state index in [9.17, 15) is 31.2 Å². The highest BCUT2D eigenvalue weighted by atomic mass is 32.2. The van der Waals surface area contributed by atoms with Gasteiger partial charge in [0.2, 0.25) is 15.9 Å². The summed E-state index contributed by atoms with van der Waals surface area (Å²) >= 11 is 0. The molecule has 11 nitrogen and oxygen atoms in total. The summed E-state index contributed by atoms with van der Waals surface area (Å²) in [6.07, 6.45) is 2.18. The van der Waals surface area contributed by atoms with Gasteiger partial charge in [-0.15, -0.1) is 0 Å². The molecule has 0 atom stereocenters. The number of likely N-dealkylation sites (tertiary alicyclic amines) is 1. The average molecular weight is 712 g/mol. The zero-order valence-electron chi connectivity index (χ0n) is 27.6. The number of aromatic nitrogens is 1. The van der Waals surface area contributed by atoms with Crippen LogP contribution in [0, 0.1) is 24.4 Å². The lowest BCUT2D eigenvalue weighted by molar-refractivity contribution is 0.0595. The summed E-state index contributed by atoms with van der Waals surface area (Å²) in [4.78, 5) is 33.7. The Morgan fingerprint density at radius 1 is 0.960 bits per heavy atom. The van der Waals surface area contributed by atoms with Gasteiger partial charge in [0, 0.05) is 67.0 Å². The Morgan fingerprint density at radius 3 is 2.32 bits per heavy atom. The van der Waals surface area contributed by atoms with Crippen LogP contribution in [0.15, 0.2) is 72.8 Å². The van der Waals surface area contributed by atoms with E-state index in [0.717, 1.165) is 30.7 Å². The molecule has 1 aliphatic heterocycles. The molecule has 264 valence electrons. The predicted molar refractivity (Wildman–Crippen MR) is 181 cm³/mol. The number of esters is 1. The number of aryl methyl sites for hydroxylation is 1. The molecule has 3 aromatic carbocycles. The molecule has 1 aliphatic rings. The minimum atomic E-state index is -3.39. The van der Waals surface area contributed by atoms with E-state index in [1.54, 1.807) is 36.4 Å². The molecule has 4 aromatic rings. The first-order chi connectivity index (χ1) is 23.8. The van der Waals surface area contributed by atoms with Crippen molar-refractivity contribution in [3.63, 3.8) is 0 Å². The quantitative estimate of drug-likeness (QED) is 0.178. The molecular weight excluding hydrogens is 675 g/mol. The van der Waals surface area contributed by atoms with E-state index in [0.29, 0.717) is 61.5 Å². The molecule has 2 N–H and O–H groups in total. The van der Waals surface area contributed by atoms with Gasteiger partial charge >= 0.3 is 12.0 Å². The van der Waals surface area contributed by atoms with Gasteiger partial charge in [0.1, 0.15) is 23.2 Å². The fourth-order valence-corrected chi connectivity index (χ4v) is 6.23. The summed E-state index contributed by atoms with van der Waals surface area (Å²) in [6, 6.07) is 16.4. The molecule has 0 aliphatic carbocycles. The normalized spacial score (nSPS) is 13.8. The molecule has 0 radical (unpaired) electrons. The summed E-state index contributed by atoms with van der Waals surface area (Å²) in [5.41, 5.74) is 1.91. The van der Waals surface area contributed by atoms with Gasteiger partial charge in [-0.1, -0.05) is 12.1 Å². The number of carbonyl (C=O) groups is 2. The molecule has 0 spiro atoms. The summed E-state index contributed by atoms with van der Waals surface area (Å²) in [5.74, 6) is -2.66. The number of benzene rings is 3. The number of anilines is 2. The van der Waals surface area contributed by atoms with Crippen molar-refractivity contribution in [2.24, 2.45) is 0 Å². The molecule has 0 saturated carbocycles. The number of amides is 2. The summed E-state index contributed by atoms with van der Waals surface area (Å²) < 4.78 is 78.7. The number of rotatable bonds is 11. The van der Waals surface area contributed by atoms with E-state index in [1.807, 2.05) is 13.0 Å². The molecule has 1 fully saturated rings. The molecule has 1 aromatic heterocycles. The molecule has 2 heterocycles. The number of hydrogen-bond donors (Lipinski definition) is 2. The fraction of sp³-hybridized carbons (Fsp3) is 0.286. The van der Waals surface area contributed by atoms with Crippen LogP contribution < -0.4 is 19.7 Å². The Hall–Kier alpha value is -5.15. The number of urea groups is 1. The Kier molecular flexibility index (Phi) is 11.3. The first kappa shape index (κ1) is 36.1. The lowest BCUT2D eigenvalue weighted by atomic mass is 10.0. The van der Waals surface area contributed by atoms with E-state index >= 15 is 0 Å². The topological polar surface area (TPSA) is 130 Å². The Bertz CT molecular complexity index is 1970. The van der Waals surface area contributed by atoms with Crippen LogP contribution in [-0.4, -0.2) is 62.8 Å². The number of sulfonamides is 1. The van der Waals surface area contributed by atoms with E-state index in [4.69, 9.17) is 4.74 Å². The molecular formula is C35H36F3N5O6S. The van der Waals surface area contributed by atoms with Crippen LogP contribution >= 0.6 is 0 Å². The van der Waals surface area contributed by atoms with Gasteiger partial charge in [0.25, 0.3) is 0 Å². The third-order valence-electron chi connectivity index (χ3n) is 8.14. The molecule has 15 heteroatoms. The number of piperidine rings is 1. The second-order valence-electron chi connectivity index (χ2n) is 11.8. The minimum Gasteiger partial charge on any atom is -0.465 e. The number of nitrogens with zero attached hydrogens (tertiary/aromatic N) is 3. The van der Waals surface area contributed by atoms with Crippen molar-refractivity contribution in [3.05, 3.63) is 113 Å². The number of pyridine rings is 1. The van der Waals surface area contributed by atoms with Gasteiger partial charge in [-0.2, -0.15) is 0 Å². The van der Waals surface area contributed by atoms with Crippen molar-refractivity contribution >= 4 is 33.4 Å². The highest BCUT2D eigenvalue weighted by Crippen LogP contribution is 2.28. The smallest absolute Gasteiger partial charge is 0.340 e. The van der Waals surface area contributed by atoms with E-state index in [2.05, 4.69) is 24.7 Å². The van der Waals surface area contributed by atoms with Crippen molar-refractivity contribution in [1.29, 1.82) is 0 Å². The van der Waals surface area contributed by atoms with Crippen LogP contribution in [-0.2, 0) is 27.8 Å². The van der Waals surface area contributed by atoms with Crippen LogP contribution in [0.25, 0.3) is 0 Å². The standard InChI is InChI=1S/C35H36F3N5O6S/c1-22-23(7-12-33(40-22)49-29-10-8-26(9-11-29)41-50(3,46)47)21-42-15-13-27(14-16-42)43(28-6-4-5-25(36)18-28)35(45)39-20-24-17-30(34(44)48-2)32(38)19-31(24)37/h4-12,17-19,27,41H,13-16,20-21H2,1-3H3,(H,39,45). The number of carbonyl (C=O) groups excluding carboxylic acids is 2. The van der Waals surface area contributed by atoms with E-state index in [-0.39, 0.29) is 18.2 Å². The maximum atomic E-state index is 14.6. The van der Waals surface area contributed by atoms with Crippen LogP contribution in [0.4, 0.5) is 29.3 Å². The molecule has 2 amide bonds. The molecule has 0 bridgehead atoms. The van der Waals surface area contributed by atoms with Crippen molar-refractivity contribution in [3.8, 4) is 11.6 Å². The van der Waals surface area contributed by atoms with Crippen molar-refractivity contribution < 1.29 is 40.7 Å². The Labute approximate surface area is 288 Å².